The number of ether oxygens (including phenoxy) is 1. The molecule has 1 aromatic rings. The number of hydrogen-bond acceptors (Lipinski definition) is 3. The van der Waals surface area contributed by atoms with Crippen molar-refractivity contribution in [2.45, 2.75) is 24.8 Å². The number of aryl methyl sites for hydroxylation is 1. The molecule has 0 aromatic carbocycles. The molecule has 2 N–H and O–H groups in total. The first-order valence-electron chi connectivity index (χ1n) is 5.49. The van der Waals surface area contributed by atoms with Crippen LogP contribution < -0.4 is 10.5 Å². The Bertz CT molecular complexity index is 389. The van der Waals surface area contributed by atoms with Crippen LogP contribution in [0.25, 0.3) is 0 Å². The molecule has 15 heavy (non-hydrogen) atoms. The molecule has 1 heterocycles. The Morgan fingerprint density at radius 3 is 2.80 bits per heavy atom. The Labute approximate surface area is 89.4 Å². The van der Waals surface area contributed by atoms with Gasteiger partial charge in [-0.1, -0.05) is 0 Å². The Hall–Kier alpha value is -1.03. The van der Waals surface area contributed by atoms with Crippen LogP contribution in [0.5, 0.6) is 5.88 Å². The highest BCUT2D eigenvalue weighted by Gasteiger charge is 2.54. The SMILES string of the molecule is COc1nn(C)cc1C1(N)CC2CC2C1. The van der Waals surface area contributed by atoms with Gasteiger partial charge in [-0.3, -0.25) is 4.68 Å². The molecule has 3 rings (SSSR count). The van der Waals surface area contributed by atoms with Gasteiger partial charge in [0.2, 0.25) is 5.88 Å². The summed E-state index contributed by atoms with van der Waals surface area (Å²) in [5, 5.41) is 4.27. The molecule has 2 atom stereocenters. The molecule has 1 aromatic heterocycles. The van der Waals surface area contributed by atoms with Crippen LogP contribution in [0.4, 0.5) is 0 Å². The van der Waals surface area contributed by atoms with Gasteiger partial charge < -0.3 is 10.5 Å². The third-order valence-electron chi connectivity index (χ3n) is 3.85. The fraction of sp³-hybridized carbons (Fsp3) is 0.727. The zero-order valence-electron chi connectivity index (χ0n) is 9.23. The Balaban J connectivity index is 1.97. The molecule has 4 heteroatoms. The second kappa shape index (κ2) is 2.76. The average molecular weight is 207 g/mol. The fourth-order valence-electron chi connectivity index (χ4n) is 3.01. The lowest BCUT2D eigenvalue weighted by Crippen LogP contribution is -2.34. The summed E-state index contributed by atoms with van der Waals surface area (Å²) in [5.41, 5.74) is 7.35. The third-order valence-corrected chi connectivity index (χ3v) is 3.85. The van der Waals surface area contributed by atoms with Crippen molar-refractivity contribution in [3.63, 3.8) is 0 Å². The van der Waals surface area contributed by atoms with E-state index in [9.17, 15) is 0 Å². The minimum Gasteiger partial charge on any atom is -0.480 e. The number of rotatable bonds is 2. The van der Waals surface area contributed by atoms with Gasteiger partial charge in [0, 0.05) is 18.8 Å². The topological polar surface area (TPSA) is 53.1 Å². The van der Waals surface area contributed by atoms with E-state index in [0.29, 0.717) is 5.88 Å². The van der Waals surface area contributed by atoms with Crippen LogP contribution in [0, 0.1) is 11.8 Å². The number of aromatic nitrogens is 2. The van der Waals surface area contributed by atoms with Gasteiger partial charge >= 0.3 is 0 Å². The van der Waals surface area contributed by atoms with Crippen LogP contribution in [0.15, 0.2) is 6.20 Å². The molecular weight excluding hydrogens is 190 g/mol. The smallest absolute Gasteiger partial charge is 0.237 e. The average Bonchev–Trinajstić information content (AvgIpc) is 2.64. The van der Waals surface area contributed by atoms with Crippen molar-refractivity contribution in [3.05, 3.63) is 11.8 Å². The van der Waals surface area contributed by atoms with Crippen molar-refractivity contribution in [3.8, 4) is 5.88 Å². The molecule has 2 aliphatic rings. The van der Waals surface area contributed by atoms with Gasteiger partial charge in [-0.25, -0.2) is 0 Å². The van der Waals surface area contributed by atoms with Gasteiger partial charge in [-0.05, 0) is 31.1 Å². The largest absolute Gasteiger partial charge is 0.480 e. The molecular formula is C11H17N3O. The van der Waals surface area contributed by atoms with Gasteiger partial charge in [-0.2, -0.15) is 0 Å². The van der Waals surface area contributed by atoms with E-state index in [4.69, 9.17) is 10.5 Å². The lowest BCUT2D eigenvalue weighted by molar-refractivity contribution is 0.354. The molecule has 0 saturated heterocycles. The highest BCUT2D eigenvalue weighted by molar-refractivity contribution is 5.34. The quantitative estimate of drug-likeness (QED) is 0.787. The Kier molecular flexibility index (Phi) is 1.69. The summed E-state index contributed by atoms with van der Waals surface area (Å²) in [6.45, 7) is 0. The number of hydrogen-bond donors (Lipinski definition) is 1. The molecule has 0 spiro atoms. The van der Waals surface area contributed by atoms with E-state index < -0.39 is 0 Å². The number of nitrogens with zero attached hydrogens (tertiary/aromatic N) is 2. The predicted octanol–water partition coefficient (Wildman–Crippen LogP) is 1.01. The Morgan fingerprint density at radius 2 is 2.20 bits per heavy atom. The van der Waals surface area contributed by atoms with Crippen LogP contribution in [0.1, 0.15) is 24.8 Å². The van der Waals surface area contributed by atoms with E-state index in [2.05, 4.69) is 5.10 Å². The van der Waals surface area contributed by atoms with E-state index in [1.165, 1.54) is 6.42 Å². The van der Waals surface area contributed by atoms with Gasteiger partial charge in [-0.15, -0.1) is 5.10 Å². The first kappa shape index (κ1) is 9.21. The number of methoxy groups -OCH3 is 1. The molecule has 0 radical (unpaired) electrons. The Morgan fingerprint density at radius 1 is 1.53 bits per heavy atom. The third kappa shape index (κ3) is 1.28. The summed E-state index contributed by atoms with van der Waals surface area (Å²) in [6, 6.07) is 0. The molecule has 0 aliphatic heterocycles. The molecule has 2 saturated carbocycles. The van der Waals surface area contributed by atoms with E-state index in [1.807, 2.05) is 13.2 Å². The minimum atomic E-state index is -0.187. The molecule has 2 fully saturated rings. The van der Waals surface area contributed by atoms with Crippen molar-refractivity contribution < 1.29 is 4.74 Å². The van der Waals surface area contributed by atoms with E-state index >= 15 is 0 Å². The predicted molar refractivity (Wildman–Crippen MR) is 56.5 cm³/mol. The summed E-state index contributed by atoms with van der Waals surface area (Å²) in [7, 11) is 3.57. The maximum atomic E-state index is 6.46. The number of nitrogens with two attached hydrogens (primary N) is 1. The second-order valence-corrected chi connectivity index (χ2v) is 5.05. The van der Waals surface area contributed by atoms with Crippen molar-refractivity contribution in [2.24, 2.45) is 24.6 Å². The van der Waals surface area contributed by atoms with Gasteiger partial charge in [0.05, 0.1) is 12.7 Å². The van der Waals surface area contributed by atoms with E-state index in [-0.39, 0.29) is 5.54 Å². The summed E-state index contributed by atoms with van der Waals surface area (Å²) >= 11 is 0. The number of fused-ring (bicyclic) bond motifs is 1. The van der Waals surface area contributed by atoms with Crippen LogP contribution in [0.2, 0.25) is 0 Å². The van der Waals surface area contributed by atoms with Gasteiger partial charge in [0.25, 0.3) is 0 Å². The standard InChI is InChI=1S/C11H17N3O/c1-14-6-9(10(13-14)15-2)11(12)4-7-3-8(7)5-11/h6-8H,3-5,12H2,1-2H3. The molecule has 2 unspecified atom stereocenters. The fourth-order valence-corrected chi connectivity index (χ4v) is 3.01. The zero-order valence-corrected chi connectivity index (χ0v) is 9.23. The highest BCUT2D eigenvalue weighted by atomic mass is 16.5. The lowest BCUT2D eigenvalue weighted by Gasteiger charge is -2.25. The lowest BCUT2D eigenvalue weighted by atomic mass is 9.88. The van der Waals surface area contributed by atoms with Crippen LogP contribution in [-0.2, 0) is 12.6 Å². The van der Waals surface area contributed by atoms with Crippen LogP contribution in [-0.4, -0.2) is 16.9 Å². The monoisotopic (exact) mass is 207 g/mol. The normalized spacial score (nSPS) is 37.8. The first-order chi connectivity index (χ1) is 7.12. The van der Waals surface area contributed by atoms with E-state index in [0.717, 1.165) is 30.2 Å². The second-order valence-electron chi connectivity index (χ2n) is 5.05. The summed E-state index contributed by atoms with van der Waals surface area (Å²) < 4.78 is 7.07. The van der Waals surface area contributed by atoms with Gasteiger partial charge in [0.15, 0.2) is 0 Å². The van der Waals surface area contributed by atoms with Crippen molar-refractivity contribution in [1.29, 1.82) is 0 Å². The van der Waals surface area contributed by atoms with Crippen molar-refractivity contribution in [1.82, 2.24) is 9.78 Å². The van der Waals surface area contributed by atoms with Crippen LogP contribution in [0.3, 0.4) is 0 Å². The molecule has 82 valence electrons. The summed E-state index contributed by atoms with van der Waals surface area (Å²) in [4.78, 5) is 0. The van der Waals surface area contributed by atoms with Gasteiger partial charge in [0.1, 0.15) is 0 Å². The zero-order chi connectivity index (χ0) is 10.6. The highest BCUT2D eigenvalue weighted by Crippen LogP contribution is 2.59. The summed E-state index contributed by atoms with van der Waals surface area (Å²) in [6.07, 6.45) is 5.57. The maximum Gasteiger partial charge on any atom is 0.237 e. The van der Waals surface area contributed by atoms with Crippen molar-refractivity contribution in [2.75, 3.05) is 7.11 Å². The minimum absolute atomic E-state index is 0.187. The maximum absolute atomic E-state index is 6.46. The summed E-state index contributed by atoms with van der Waals surface area (Å²) in [5.74, 6) is 2.42. The molecule has 0 amide bonds. The molecule has 4 nitrogen and oxygen atoms in total. The van der Waals surface area contributed by atoms with Crippen LogP contribution >= 0.6 is 0 Å². The molecule has 2 aliphatic carbocycles. The van der Waals surface area contributed by atoms with Crippen molar-refractivity contribution >= 4 is 0 Å². The first-order valence-corrected chi connectivity index (χ1v) is 5.49. The van der Waals surface area contributed by atoms with E-state index in [1.54, 1.807) is 11.8 Å². The molecule has 0 bridgehead atoms.